The van der Waals surface area contributed by atoms with Gasteiger partial charge in [0, 0.05) is 12.5 Å². The molecule has 2 rings (SSSR count). The average molecular weight is 523 g/mol. The molecule has 0 fully saturated rings. The predicted molar refractivity (Wildman–Crippen MR) is 162 cm³/mol. The second-order valence-electron chi connectivity index (χ2n) is 12.9. The zero-order valence-corrected chi connectivity index (χ0v) is 26.5. The van der Waals surface area contributed by atoms with Crippen molar-refractivity contribution >= 4 is 27.0 Å². The van der Waals surface area contributed by atoms with Crippen molar-refractivity contribution < 1.29 is 8.85 Å². The quantitative estimate of drug-likeness (QED) is 0.171. The van der Waals surface area contributed by atoms with Gasteiger partial charge >= 0.3 is 0 Å². The van der Waals surface area contributed by atoms with Crippen LogP contribution >= 0.6 is 0 Å². The van der Waals surface area contributed by atoms with Crippen LogP contribution in [0.1, 0.15) is 68.2 Å². The summed E-state index contributed by atoms with van der Waals surface area (Å²) in [5.74, 6) is 3.43. The maximum Gasteiger partial charge on any atom is 0.261 e. The van der Waals surface area contributed by atoms with E-state index in [9.17, 15) is 0 Å². The zero-order chi connectivity index (χ0) is 27.2. The Kier molecular flexibility index (Phi) is 10.4. The normalized spacial score (nSPS) is 15.7. The SMILES string of the molecule is C#C[C@H](C)[C@@H](O[Si](C)(C)C(C)(C)C)[C@H](C)CCCO[Si](c1ccccc1)(c1ccccc1)C(C)(C)C. The van der Waals surface area contributed by atoms with Crippen molar-refractivity contribution in [3.8, 4) is 12.3 Å². The molecule has 36 heavy (non-hydrogen) atoms. The summed E-state index contributed by atoms with van der Waals surface area (Å²) in [6, 6.07) is 21.8. The summed E-state index contributed by atoms with van der Waals surface area (Å²) in [7, 11) is -4.42. The Morgan fingerprint density at radius 1 is 0.806 bits per heavy atom. The summed E-state index contributed by atoms with van der Waals surface area (Å²) in [5.41, 5.74) is 0. The third kappa shape index (κ3) is 7.01. The molecule has 0 N–H and O–H groups in total. The van der Waals surface area contributed by atoms with Crippen molar-refractivity contribution in [2.75, 3.05) is 6.61 Å². The molecule has 0 heterocycles. The van der Waals surface area contributed by atoms with Gasteiger partial charge in [0.15, 0.2) is 8.32 Å². The first-order valence-corrected chi connectivity index (χ1v) is 18.4. The summed E-state index contributed by atoms with van der Waals surface area (Å²) in [6.07, 6.45) is 7.98. The molecular formula is C32H50O2Si2. The van der Waals surface area contributed by atoms with Crippen LogP contribution in [0.25, 0.3) is 0 Å². The first-order valence-electron chi connectivity index (χ1n) is 13.6. The molecule has 0 aromatic heterocycles. The number of hydrogen-bond donors (Lipinski definition) is 0. The van der Waals surface area contributed by atoms with Crippen LogP contribution in [0.4, 0.5) is 0 Å². The van der Waals surface area contributed by atoms with Crippen LogP contribution in [0.15, 0.2) is 60.7 Å². The summed E-state index contributed by atoms with van der Waals surface area (Å²) in [6.45, 7) is 23.7. The van der Waals surface area contributed by atoms with Crippen molar-refractivity contribution in [1.29, 1.82) is 0 Å². The Labute approximate surface area is 224 Å². The summed E-state index contributed by atoms with van der Waals surface area (Å²) >= 11 is 0. The molecular weight excluding hydrogens is 473 g/mol. The van der Waals surface area contributed by atoms with Gasteiger partial charge in [-0.3, -0.25) is 0 Å². The maximum absolute atomic E-state index is 7.10. The monoisotopic (exact) mass is 522 g/mol. The fourth-order valence-electron chi connectivity index (χ4n) is 4.88. The van der Waals surface area contributed by atoms with Crippen LogP contribution in [0, 0.1) is 24.2 Å². The first kappa shape index (κ1) is 30.6. The molecule has 0 bridgehead atoms. The maximum atomic E-state index is 7.10. The molecule has 198 valence electrons. The third-order valence-corrected chi connectivity index (χ3v) is 17.6. The summed E-state index contributed by atoms with van der Waals surface area (Å²) < 4.78 is 14.0. The van der Waals surface area contributed by atoms with Gasteiger partial charge in [-0.05, 0) is 59.2 Å². The molecule has 2 nitrogen and oxygen atoms in total. The zero-order valence-electron chi connectivity index (χ0n) is 24.5. The molecule has 3 atom stereocenters. The minimum Gasteiger partial charge on any atom is -0.412 e. The van der Waals surface area contributed by atoms with Crippen LogP contribution in [0.3, 0.4) is 0 Å². The van der Waals surface area contributed by atoms with Gasteiger partial charge < -0.3 is 8.85 Å². The van der Waals surface area contributed by atoms with Gasteiger partial charge in [-0.25, -0.2) is 0 Å². The lowest BCUT2D eigenvalue weighted by molar-refractivity contribution is 0.0882. The van der Waals surface area contributed by atoms with Gasteiger partial charge in [-0.2, -0.15) is 0 Å². The molecule has 2 aromatic rings. The van der Waals surface area contributed by atoms with Crippen LogP contribution in [0.2, 0.25) is 23.2 Å². The fourth-order valence-corrected chi connectivity index (χ4v) is 11.0. The minimum absolute atomic E-state index is 0.00666. The summed E-state index contributed by atoms with van der Waals surface area (Å²) in [4.78, 5) is 0. The highest BCUT2D eigenvalue weighted by Crippen LogP contribution is 2.40. The van der Waals surface area contributed by atoms with E-state index < -0.39 is 16.6 Å². The molecule has 0 radical (unpaired) electrons. The minimum atomic E-state index is -2.50. The Bertz CT molecular complexity index is 926. The largest absolute Gasteiger partial charge is 0.412 e. The molecule has 0 spiro atoms. The van der Waals surface area contributed by atoms with Gasteiger partial charge in [0.2, 0.25) is 0 Å². The topological polar surface area (TPSA) is 18.5 Å². The van der Waals surface area contributed by atoms with Crippen molar-refractivity contribution in [2.45, 2.75) is 97.5 Å². The first-order chi connectivity index (χ1) is 16.7. The molecule has 0 saturated heterocycles. The van der Waals surface area contributed by atoms with Crippen molar-refractivity contribution in [2.24, 2.45) is 11.8 Å². The third-order valence-electron chi connectivity index (χ3n) is 8.09. The Balaban J connectivity index is 2.24. The van der Waals surface area contributed by atoms with Crippen LogP contribution in [0.5, 0.6) is 0 Å². The molecule has 0 amide bonds. The molecule has 2 aromatic carbocycles. The average Bonchev–Trinajstić information content (AvgIpc) is 2.81. The van der Waals surface area contributed by atoms with Gasteiger partial charge in [0.25, 0.3) is 8.32 Å². The number of hydrogen-bond acceptors (Lipinski definition) is 2. The van der Waals surface area contributed by atoms with Crippen molar-refractivity contribution in [3.05, 3.63) is 60.7 Å². The number of terminal acetylenes is 1. The highest BCUT2D eigenvalue weighted by Gasteiger charge is 2.50. The Morgan fingerprint density at radius 3 is 1.67 bits per heavy atom. The van der Waals surface area contributed by atoms with Gasteiger partial charge in [-0.15, -0.1) is 12.3 Å². The van der Waals surface area contributed by atoms with Gasteiger partial charge in [0.05, 0.1) is 6.10 Å². The van der Waals surface area contributed by atoms with Crippen molar-refractivity contribution in [1.82, 2.24) is 0 Å². The second-order valence-corrected chi connectivity index (χ2v) is 22.0. The van der Waals surface area contributed by atoms with E-state index in [1.165, 1.54) is 10.4 Å². The second kappa shape index (κ2) is 12.3. The fraction of sp³-hybridized carbons (Fsp3) is 0.562. The van der Waals surface area contributed by atoms with E-state index in [2.05, 4.69) is 135 Å². The van der Waals surface area contributed by atoms with E-state index in [1.54, 1.807) is 0 Å². The molecule has 0 saturated carbocycles. The lowest BCUT2D eigenvalue weighted by Gasteiger charge is -2.43. The Morgan fingerprint density at radius 2 is 1.28 bits per heavy atom. The smallest absolute Gasteiger partial charge is 0.261 e. The van der Waals surface area contributed by atoms with Gasteiger partial charge in [0.1, 0.15) is 0 Å². The lowest BCUT2D eigenvalue weighted by Crippen LogP contribution is -2.66. The highest BCUT2D eigenvalue weighted by atomic mass is 28.4. The molecule has 0 aliphatic carbocycles. The molecule has 0 aliphatic rings. The molecule has 0 aliphatic heterocycles. The number of benzene rings is 2. The van der Waals surface area contributed by atoms with Gasteiger partial charge in [-0.1, -0.05) is 109 Å². The number of rotatable bonds is 11. The van der Waals surface area contributed by atoms with E-state index in [4.69, 9.17) is 15.3 Å². The van der Waals surface area contributed by atoms with E-state index in [0.717, 1.165) is 19.4 Å². The van der Waals surface area contributed by atoms with E-state index in [1.807, 2.05) is 0 Å². The van der Waals surface area contributed by atoms with E-state index in [-0.39, 0.29) is 22.1 Å². The van der Waals surface area contributed by atoms with Crippen LogP contribution in [-0.2, 0) is 8.85 Å². The van der Waals surface area contributed by atoms with Crippen LogP contribution in [-0.4, -0.2) is 29.3 Å². The Hall–Kier alpha value is -1.65. The standard InChI is InChI=1S/C32H50O2Si2/c1-12-26(2)30(34-35(10,11)31(4,5)6)27(3)20-19-25-33-36(32(7,8)9,28-21-15-13-16-22-28)29-23-17-14-18-24-29/h1,13-18,21-24,26-27,30H,19-20,25H2,2-11H3/t26-,27+,30+/m0/s1. The molecule has 4 heteroatoms. The van der Waals surface area contributed by atoms with E-state index in [0.29, 0.717) is 5.92 Å². The molecule has 0 unspecified atom stereocenters. The highest BCUT2D eigenvalue weighted by molar-refractivity contribution is 6.99. The summed E-state index contributed by atoms with van der Waals surface area (Å²) in [5, 5.41) is 2.81. The van der Waals surface area contributed by atoms with Crippen LogP contribution < -0.4 is 10.4 Å². The van der Waals surface area contributed by atoms with E-state index >= 15 is 0 Å². The predicted octanol–water partition coefficient (Wildman–Crippen LogP) is 7.64. The lowest BCUT2D eigenvalue weighted by atomic mass is 9.91. The van der Waals surface area contributed by atoms with Crippen molar-refractivity contribution in [3.63, 3.8) is 0 Å².